The highest BCUT2D eigenvalue weighted by Gasteiger charge is 2.34. The topological polar surface area (TPSA) is 71.4 Å². The maximum atomic E-state index is 12.5. The largest absolute Gasteiger partial charge is 0.331 e. The van der Waals surface area contributed by atoms with Crippen LogP contribution in [0.3, 0.4) is 0 Å². The molecule has 1 N–H and O–H groups in total. The van der Waals surface area contributed by atoms with E-state index in [4.69, 9.17) is 23.2 Å². The van der Waals surface area contributed by atoms with Crippen LogP contribution in [0.5, 0.6) is 0 Å². The van der Waals surface area contributed by atoms with Crippen molar-refractivity contribution < 1.29 is 14.4 Å². The summed E-state index contributed by atoms with van der Waals surface area (Å²) in [4.78, 5) is 37.4. The smallest absolute Gasteiger partial charge is 0.316 e. The molecule has 0 bridgehead atoms. The first-order valence-electron chi connectivity index (χ1n) is 8.28. The summed E-state index contributed by atoms with van der Waals surface area (Å²) in [7, 11) is 0. The molecule has 2 heterocycles. The minimum absolute atomic E-state index is 0.0890. The van der Waals surface area contributed by atoms with Gasteiger partial charge in [-0.3, -0.25) is 19.8 Å². The molecule has 140 valence electrons. The number of likely N-dealkylation sites (N-methyl/N-ethyl adjacent to an activating group) is 1. The van der Waals surface area contributed by atoms with Crippen LogP contribution in [0, 0.1) is 13.8 Å². The van der Waals surface area contributed by atoms with Crippen molar-refractivity contribution in [3.63, 3.8) is 0 Å². The zero-order valence-electron chi connectivity index (χ0n) is 15.0. The molecular formula is C19H17Cl2N3O3. The van der Waals surface area contributed by atoms with E-state index < -0.39 is 17.8 Å². The van der Waals surface area contributed by atoms with Crippen molar-refractivity contribution in [2.75, 3.05) is 6.54 Å². The van der Waals surface area contributed by atoms with E-state index in [1.807, 2.05) is 30.5 Å². The Balaban J connectivity index is 2.11. The van der Waals surface area contributed by atoms with Gasteiger partial charge < -0.3 is 4.57 Å². The fourth-order valence-corrected chi connectivity index (χ4v) is 3.49. The van der Waals surface area contributed by atoms with E-state index in [9.17, 15) is 14.4 Å². The second kappa shape index (κ2) is 7.21. The van der Waals surface area contributed by atoms with Crippen LogP contribution in [-0.2, 0) is 9.59 Å². The van der Waals surface area contributed by atoms with Gasteiger partial charge in [0.15, 0.2) is 0 Å². The summed E-state index contributed by atoms with van der Waals surface area (Å²) in [6, 6.07) is 6.46. The summed E-state index contributed by atoms with van der Waals surface area (Å²) in [5.41, 5.74) is 2.93. The number of rotatable bonds is 3. The molecule has 0 saturated carbocycles. The van der Waals surface area contributed by atoms with Crippen molar-refractivity contribution in [1.82, 2.24) is 14.8 Å². The minimum atomic E-state index is -0.708. The van der Waals surface area contributed by atoms with Gasteiger partial charge in [0.2, 0.25) is 0 Å². The number of urea groups is 1. The van der Waals surface area contributed by atoms with Crippen molar-refractivity contribution in [1.29, 1.82) is 0 Å². The predicted molar refractivity (Wildman–Crippen MR) is 104 cm³/mol. The van der Waals surface area contributed by atoms with E-state index in [1.54, 1.807) is 19.1 Å². The molecule has 1 aliphatic rings. The molecule has 1 aliphatic heterocycles. The van der Waals surface area contributed by atoms with E-state index in [1.165, 1.54) is 6.08 Å². The average Bonchev–Trinajstić information content (AvgIpc) is 2.88. The third-order valence-corrected chi connectivity index (χ3v) is 5.25. The Kier molecular flexibility index (Phi) is 5.13. The lowest BCUT2D eigenvalue weighted by molar-refractivity contribution is -0.129. The highest BCUT2D eigenvalue weighted by molar-refractivity contribution is 6.43. The molecule has 2 aromatic rings. The molecule has 0 unspecified atom stereocenters. The lowest BCUT2D eigenvalue weighted by atomic mass is 10.1. The first-order chi connectivity index (χ1) is 12.8. The van der Waals surface area contributed by atoms with Crippen LogP contribution in [0.4, 0.5) is 4.79 Å². The van der Waals surface area contributed by atoms with Gasteiger partial charge in [-0.1, -0.05) is 29.3 Å². The number of imide groups is 2. The highest BCUT2D eigenvalue weighted by Crippen LogP contribution is 2.32. The SMILES string of the molecule is CCN1C(=O)NC(=O)/C(=C\c2cc(C)n(-c3cccc(Cl)c3Cl)c2C)C1=O. The molecule has 8 heteroatoms. The maximum absolute atomic E-state index is 12.5. The third-order valence-electron chi connectivity index (χ3n) is 4.44. The van der Waals surface area contributed by atoms with Gasteiger partial charge >= 0.3 is 6.03 Å². The van der Waals surface area contributed by atoms with Gasteiger partial charge in [0.25, 0.3) is 11.8 Å². The number of nitrogens with one attached hydrogen (secondary N) is 1. The van der Waals surface area contributed by atoms with Gasteiger partial charge in [-0.2, -0.15) is 0 Å². The summed E-state index contributed by atoms with van der Waals surface area (Å²) in [5.74, 6) is -1.32. The Hall–Kier alpha value is -2.57. The molecule has 3 rings (SSSR count). The normalized spacial score (nSPS) is 16.3. The molecule has 4 amide bonds. The van der Waals surface area contributed by atoms with E-state index in [-0.39, 0.29) is 12.1 Å². The molecule has 1 aromatic heterocycles. The van der Waals surface area contributed by atoms with Crippen molar-refractivity contribution >= 4 is 47.1 Å². The van der Waals surface area contributed by atoms with Crippen LogP contribution in [0.1, 0.15) is 23.9 Å². The van der Waals surface area contributed by atoms with Gasteiger partial charge in [0.05, 0.1) is 15.7 Å². The van der Waals surface area contributed by atoms with Crippen molar-refractivity contribution in [3.05, 3.63) is 56.8 Å². The molecule has 1 aromatic carbocycles. The number of barbiturate groups is 1. The molecule has 0 radical (unpaired) electrons. The van der Waals surface area contributed by atoms with Crippen LogP contribution < -0.4 is 5.32 Å². The van der Waals surface area contributed by atoms with Crippen molar-refractivity contribution in [2.45, 2.75) is 20.8 Å². The second-order valence-electron chi connectivity index (χ2n) is 6.10. The summed E-state index contributed by atoms with van der Waals surface area (Å²) < 4.78 is 1.90. The van der Waals surface area contributed by atoms with Crippen LogP contribution in [-0.4, -0.2) is 33.9 Å². The predicted octanol–water partition coefficient (Wildman–Crippen LogP) is 3.88. The van der Waals surface area contributed by atoms with E-state index >= 15 is 0 Å². The lowest BCUT2D eigenvalue weighted by Crippen LogP contribution is -2.53. The highest BCUT2D eigenvalue weighted by atomic mass is 35.5. The molecule has 0 aliphatic carbocycles. The Morgan fingerprint density at radius 1 is 1.15 bits per heavy atom. The van der Waals surface area contributed by atoms with Crippen LogP contribution >= 0.6 is 23.2 Å². The van der Waals surface area contributed by atoms with E-state index in [2.05, 4.69) is 5.32 Å². The standard InChI is InChI=1S/C19H17Cl2N3O3/c1-4-23-18(26)13(17(25)22-19(23)27)9-12-8-10(2)24(11(12)3)15-7-5-6-14(20)16(15)21/h5-9H,4H2,1-3H3,(H,22,25,27)/b13-9+. The molecule has 0 spiro atoms. The molecule has 0 atom stereocenters. The summed E-state index contributed by atoms with van der Waals surface area (Å²) in [6.07, 6.45) is 1.49. The summed E-state index contributed by atoms with van der Waals surface area (Å²) in [6.45, 7) is 5.58. The number of halogens is 2. The Labute approximate surface area is 166 Å². The lowest BCUT2D eigenvalue weighted by Gasteiger charge is -2.24. The summed E-state index contributed by atoms with van der Waals surface area (Å²) >= 11 is 12.5. The number of hydrogen-bond acceptors (Lipinski definition) is 3. The van der Waals surface area contributed by atoms with Crippen LogP contribution in [0.2, 0.25) is 10.0 Å². The maximum Gasteiger partial charge on any atom is 0.331 e. The number of aromatic nitrogens is 1. The Morgan fingerprint density at radius 3 is 2.52 bits per heavy atom. The first-order valence-corrected chi connectivity index (χ1v) is 9.04. The van der Waals surface area contributed by atoms with Crippen LogP contribution in [0.25, 0.3) is 11.8 Å². The molecule has 1 fully saturated rings. The Morgan fingerprint density at radius 2 is 1.85 bits per heavy atom. The number of nitrogens with zero attached hydrogens (tertiary/aromatic N) is 2. The zero-order chi connectivity index (χ0) is 19.9. The monoisotopic (exact) mass is 405 g/mol. The van der Waals surface area contributed by atoms with Crippen LogP contribution in [0.15, 0.2) is 29.8 Å². The first kappa shape index (κ1) is 19.2. The minimum Gasteiger partial charge on any atom is -0.316 e. The number of amides is 4. The number of carbonyl (C=O) groups excluding carboxylic acids is 3. The van der Waals surface area contributed by atoms with Gasteiger partial charge in [-0.15, -0.1) is 0 Å². The number of aryl methyl sites for hydroxylation is 1. The zero-order valence-corrected chi connectivity index (χ0v) is 16.5. The third kappa shape index (κ3) is 3.26. The molecular weight excluding hydrogens is 389 g/mol. The fraction of sp³-hybridized carbons (Fsp3) is 0.211. The van der Waals surface area contributed by atoms with E-state index in [0.717, 1.165) is 16.3 Å². The Bertz CT molecular complexity index is 1010. The fourth-order valence-electron chi connectivity index (χ4n) is 3.11. The van der Waals surface area contributed by atoms with Gasteiger partial charge in [0, 0.05) is 17.9 Å². The molecule has 1 saturated heterocycles. The average molecular weight is 406 g/mol. The second-order valence-corrected chi connectivity index (χ2v) is 6.89. The van der Waals surface area contributed by atoms with E-state index in [0.29, 0.717) is 21.3 Å². The van der Waals surface area contributed by atoms with Gasteiger partial charge in [0.1, 0.15) is 5.57 Å². The molecule has 6 nitrogen and oxygen atoms in total. The number of carbonyl (C=O) groups is 3. The number of benzene rings is 1. The van der Waals surface area contributed by atoms with Crippen molar-refractivity contribution in [2.24, 2.45) is 0 Å². The quantitative estimate of drug-likeness (QED) is 0.621. The number of hydrogen-bond donors (Lipinski definition) is 1. The van der Waals surface area contributed by atoms with Gasteiger partial charge in [-0.05, 0) is 50.6 Å². The van der Waals surface area contributed by atoms with Gasteiger partial charge in [-0.25, -0.2) is 4.79 Å². The molecule has 27 heavy (non-hydrogen) atoms. The van der Waals surface area contributed by atoms with Crippen molar-refractivity contribution in [3.8, 4) is 5.69 Å². The summed E-state index contributed by atoms with van der Waals surface area (Å²) in [5, 5.41) is 3.03.